The van der Waals surface area contributed by atoms with E-state index in [0.29, 0.717) is 13.0 Å². The lowest BCUT2D eigenvalue weighted by Gasteiger charge is -2.27. The lowest BCUT2D eigenvalue weighted by molar-refractivity contribution is -0.307. The Morgan fingerprint density at radius 2 is 0.536 bits per heavy atom. The number of hydrogen-bond acceptors (Lipinski definition) is 7. The Morgan fingerprint density at radius 3 is 0.649 bits per heavy atom. The molecule has 0 saturated carbocycles. The van der Waals surface area contributed by atoms with Crippen molar-refractivity contribution in [3.05, 3.63) is 181 Å². The summed E-state index contributed by atoms with van der Waals surface area (Å²) in [5.74, 6) is -1.22. The van der Waals surface area contributed by atoms with Crippen LogP contribution in [0, 0.1) is 99.3 Å². The molecule has 0 saturated heterocycles. The summed E-state index contributed by atoms with van der Waals surface area (Å²) >= 11 is 0. The Morgan fingerprint density at radius 1 is 0.361 bits per heavy atom. The number of aliphatic carboxylic acids is 1. The highest BCUT2D eigenvalue weighted by molar-refractivity contribution is 7.97. The first-order valence-electron chi connectivity index (χ1n) is 35.4. The van der Waals surface area contributed by atoms with Crippen molar-refractivity contribution in [1.82, 2.24) is 0 Å². The highest BCUT2D eigenvalue weighted by Crippen LogP contribution is 2.30. The molecule has 0 aliphatic heterocycles. The molecule has 0 aliphatic rings. The van der Waals surface area contributed by atoms with Crippen LogP contribution in [0.4, 0.5) is 0 Å². The van der Waals surface area contributed by atoms with E-state index in [2.05, 4.69) is 237 Å². The van der Waals surface area contributed by atoms with Gasteiger partial charge in [0.25, 0.3) is 0 Å². The Balaban J connectivity index is -0.000000252. The van der Waals surface area contributed by atoms with E-state index in [1.54, 1.807) is 13.8 Å². The standard InChI is InChI=1S/3C17H21S.C8H18NO2S.C7H14O2.C6H14O3S.6C2H6/c3*1-12-6-13(2)9-16(8-12)18(5)17-10-14(3)7-15(4)11-17;1-5-8(2,3)6-7-9-12(4,10)11;1-4-7(2,3)5-6(8)9;1-4-6(2,3)5-10(7,8)9;6*1-2/h3*6-11H,1-5H3;5-7H2,1-4H3;4-5H2,1-3H3,(H,8,9);4-5H2,1-3H3,(H,7,8,9);6*1-2H3/q3*+1;-1;;;;;;;;/p-2. The molecular formula is C84H143NO7S5. The van der Waals surface area contributed by atoms with Gasteiger partial charge in [-0.2, -0.15) is 0 Å². The van der Waals surface area contributed by atoms with Gasteiger partial charge < -0.3 is 19.2 Å². The maximum Gasteiger partial charge on any atom is 0.160 e. The summed E-state index contributed by atoms with van der Waals surface area (Å²) in [6.45, 7) is 68.1. The first kappa shape index (κ1) is 104. The van der Waals surface area contributed by atoms with Crippen molar-refractivity contribution >= 4 is 58.8 Å². The number of carboxylic acid groups (broad SMARTS) is 1. The SMILES string of the molecule is CC.CC.CC.CC.CC.CC.CCC(C)(C)CC(=O)[O-].CCC(C)(C)CC[N-]S(C)(=O)=O.CCC(C)(C)CS(=O)(=O)[O-].Cc1cc(C)cc([S+](C)c2cc(C)cc(C)c2)c1.Cc1cc(C)cc([S+](C)c2cc(C)cc(C)c2)c1.Cc1cc(C)cc([S+](C)c2cc(C)cc(C)c2)c1. The van der Waals surface area contributed by atoms with Crippen LogP contribution in [0.3, 0.4) is 0 Å². The van der Waals surface area contributed by atoms with Crippen LogP contribution in [0.15, 0.2) is 139 Å². The number of rotatable bonds is 17. The van der Waals surface area contributed by atoms with E-state index in [4.69, 9.17) is 0 Å². The summed E-state index contributed by atoms with van der Waals surface area (Å²) < 4.78 is 55.6. The van der Waals surface area contributed by atoms with Gasteiger partial charge in [0.15, 0.2) is 29.4 Å². The zero-order valence-corrected chi connectivity index (χ0v) is 72.8. The van der Waals surface area contributed by atoms with Gasteiger partial charge in [-0.3, -0.25) is 0 Å². The van der Waals surface area contributed by atoms with Crippen LogP contribution in [0.1, 0.15) is 244 Å². The fraction of sp³-hybridized carbons (Fsp3) is 0.560. The van der Waals surface area contributed by atoms with Crippen molar-refractivity contribution in [2.45, 2.75) is 290 Å². The van der Waals surface area contributed by atoms with Crippen LogP contribution in [-0.2, 0) is 57.6 Å². The smallest absolute Gasteiger partial charge is 0.160 e. The molecule has 0 heterocycles. The van der Waals surface area contributed by atoms with E-state index in [1.165, 1.54) is 96.1 Å². The Kier molecular flexibility index (Phi) is 58.2. The average Bonchev–Trinajstić information content (AvgIpc) is 0.856. The van der Waals surface area contributed by atoms with Gasteiger partial charge in [0, 0.05) is 18.0 Å². The molecule has 0 aliphatic carbocycles. The molecule has 0 bridgehead atoms. The molecule has 0 atom stereocenters. The van der Waals surface area contributed by atoms with Crippen molar-refractivity contribution in [3.63, 3.8) is 0 Å². The number of benzene rings is 6. The molecule has 0 spiro atoms. The largest absolute Gasteiger partial charge is 0.748 e. The number of carbonyl (C=O) groups is 1. The molecule has 0 aromatic heterocycles. The zero-order valence-electron chi connectivity index (χ0n) is 68.7. The topological polar surface area (TPSA) is 146 Å². The van der Waals surface area contributed by atoms with Gasteiger partial charge in [0.2, 0.25) is 0 Å². The summed E-state index contributed by atoms with van der Waals surface area (Å²) in [6.07, 6.45) is 11.7. The summed E-state index contributed by atoms with van der Waals surface area (Å²) in [5, 5.41) is 10.1. The van der Waals surface area contributed by atoms with Crippen LogP contribution in [-0.4, -0.2) is 64.7 Å². The van der Waals surface area contributed by atoms with E-state index in [9.17, 15) is 31.3 Å². The van der Waals surface area contributed by atoms with E-state index in [0.717, 1.165) is 25.5 Å². The molecule has 97 heavy (non-hydrogen) atoms. The second-order valence-corrected chi connectivity index (χ2v) is 34.6. The second kappa shape index (κ2) is 54.4. The van der Waals surface area contributed by atoms with Crippen LogP contribution in [0.5, 0.6) is 0 Å². The van der Waals surface area contributed by atoms with E-state index < -0.39 is 26.1 Å². The molecular weight excluding hydrogens is 1300 g/mol. The summed E-state index contributed by atoms with van der Waals surface area (Å²) in [4.78, 5) is 18.7. The van der Waals surface area contributed by atoms with Crippen molar-refractivity contribution in [3.8, 4) is 0 Å². The summed E-state index contributed by atoms with van der Waals surface area (Å²) in [7, 11) is -6.69. The predicted octanol–water partition coefficient (Wildman–Crippen LogP) is 23.6. The van der Waals surface area contributed by atoms with Crippen molar-refractivity contribution in [2.75, 3.05) is 37.3 Å². The lowest BCUT2D eigenvalue weighted by atomic mass is 9.87. The third kappa shape index (κ3) is 51.5. The molecule has 0 fully saturated rings. The highest BCUT2D eigenvalue weighted by atomic mass is 32.2. The van der Waals surface area contributed by atoms with Crippen LogP contribution in [0.2, 0.25) is 0 Å². The zero-order chi connectivity index (χ0) is 77.6. The monoisotopic (exact) mass is 1440 g/mol. The Bertz CT molecular complexity index is 2790. The molecule has 556 valence electrons. The molecule has 0 amide bonds. The predicted molar refractivity (Wildman–Crippen MR) is 437 cm³/mol. The van der Waals surface area contributed by atoms with Gasteiger partial charge in [-0.15, -0.1) is 6.54 Å². The van der Waals surface area contributed by atoms with E-state index in [1.807, 2.05) is 111 Å². The minimum absolute atomic E-state index is 0.0984. The second-order valence-electron chi connectivity index (χ2n) is 25.6. The number of aryl methyl sites for hydroxylation is 12. The van der Waals surface area contributed by atoms with Crippen molar-refractivity contribution in [2.24, 2.45) is 16.2 Å². The van der Waals surface area contributed by atoms with Crippen molar-refractivity contribution in [1.29, 1.82) is 0 Å². The van der Waals surface area contributed by atoms with Gasteiger partial charge in [-0.05, 0) is 245 Å². The number of carbonyl (C=O) groups excluding carboxylic acids is 1. The fourth-order valence-electron chi connectivity index (χ4n) is 8.85. The first-order chi connectivity index (χ1) is 44.9. The van der Waals surface area contributed by atoms with Gasteiger partial charge in [0.05, 0.1) is 52.8 Å². The maximum atomic E-state index is 10.6. The molecule has 0 unspecified atom stereocenters. The fourth-order valence-corrected chi connectivity index (χ4v) is 15.6. The van der Waals surface area contributed by atoms with Gasteiger partial charge >= 0.3 is 0 Å². The van der Waals surface area contributed by atoms with Gasteiger partial charge in [-0.25, -0.2) is 16.8 Å². The highest BCUT2D eigenvalue weighted by Gasteiger charge is 2.24. The first-order valence-corrected chi connectivity index (χ1v) is 43.7. The molecule has 6 aromatic carbocycles. The summed E-state index contributed by atoms with van der Waals surface area (Å²) in [5.41, 5.74) is 16.0. The quantitative estimate of drug-likeness (QED) is 0.0653. The minimum atomic E-state index is -4.04. The van der Waals surface area contributed by atoms with Crippen LogP contribution < -0.4 is 5.11 Å². The summed E-state index contributed by atoms with van der Waals surface area (Å²) in [6, 6.07) is 41.2. The Labute approximate surface area is 609 Å². The molecule has 8 nitrogen and oxygen atoms in total. The molecule has 0 radical (unpaired) electrons. The molecule has 6 rings (SSSR count). The molecule has 13 heteroatoms. The maximum absolute atomic E-state index is 10.6. The number of sulfonamides is 1. The van der Waals surface area contributed by atoms with Crippen LogP contribution >= 0.6 is 0 Å². The number of carboxylic acids is 1. The average molecular weight is 1440 g/mol. The van der Waals surface area contributed by atoms with Crippen LogP contribution in [0.25, 0.3) is 4.72 Å². The van der Waals surface area contributed by atoms with Gasteiger partial charge in [-0.1, -0.05) is 207 Å². The Hall–Kier alpha value is -4.34. The number of nitrogens with zero attached hydrogens (tertiary/aromatic N) is 1. The van der Waals surface area contributed by atoms with E-state index in [-0.39, 0.29) is 61.1 Å². The lowest BCUT2D eigenvalue weighted by Crippen LogP contribution is -2.28. The van der Waals surface area contributed by atoms with Crippen molar-refractivity contribution < 1.29 is 31.3 Å². The van der Waals surface area contributed by atoms with Gasteiger partial charge in [0.1, 0.15) is 18.8 Å². The third-order valence-electron chi connectivity index (χ3n) is 14.5. The van der Waals surface area contributed by atoms with E-state index >= 15 is 0 Å². The molecule has 6 aromatic rings. The molecule has 0 N–H and O–H groups in total. The normalized spacial score (nSPS) is 10.6. The minimum Gasteiger partial charge on any atom is -0.748 e. The third-order valence-corrected chi connectivity index (χ3v) is 21.9. The number of hydrogen-bond donors (Lipinski definition) is 0.